The Bertz CT molecular complexity index is 1630. The molecule has 0 saturated heterocycles. The van der Waals surface area contributed by atoms with Crippen LogP contribution in [-0.4, -0.2) is 41.2 Å². The molecule has 4 aromatic rings. The van der Waals surface area contributed by atoms with E-state index in [-0.39, 0.29) is 18.0 Å². The van der Waals surface area contributed by atoms with Crippen LogP contribution in [0, 0.1) is 12.7 Å². The number of aromatic nitrogens is 2. The Balaban J connectivity index is 1.34. The zero-order valence-electron chi connectivity index (χ0n) is 21.8. The third-order valence-electron chi connectivity index (χ3n) is 6.48. The van der Waals surface area contributed by atoms with Crippen LogP contribution in [0.3, 0.4) is 0 Å². The van der Waals surface area contributed by atoms with Crippen LogP contribution in [0.1, 0.15) is 16.8 Å². The molecule has 1 aliphatic heterocycles. The van der Waals surface area contributed by atoms with Gasteiger partial charge in [-0.2, -0.15) is 4.31 Å². The number of carbonyl (C=O) groups excluding carboxylic acids is 1. The summed E-state index contributed by atoms with van der Waals surface area (Å²) in [4.78, 5) is 22.2. The lowest BCUT2D eigenvalue weighted by molar-refractivity contribution is -0.123. The van der Waals surface area contributed by atoms with Gasteiger partial charge in [0.25, 0.3) is 0 Å². The molecule has 1 amide bonds. The minimum atomic E-state index is -4.00. The standard InChI is InChI=1S/C30H28FN5O3S/c1-21-7-9-23(10-8-21)27-17-22(18-29(35-27)33-20-25-5-2-3-15-32-25)19-34-30(37)28-6-4-16-36(28)40(38,39)26-13-11-24(31)12-14-26/h2-15,17-18,28H,16,19-20H2,1H3,(H,33,35)(H,34,37)/t28-/m0/s1. The minimum Gasteiger partial charge on any atom is -0.364 e. The Hall–Kier alpha value is -4.41. The fourth-order valence-corrected chi connectivity index (χ4v) is 5.84. The van der Waals surface area contributed by atoms with Crippen molar-refractivity contribution in [1.29, 1.82) is 0 Å². The zero-order chi connectivity index (χ0) is 28.1. The van der Waals surface area contributed by atoms with Crippen molar-refractivity contribution in [1.82, 2.24) is 19.6 Å². The largest absolute Gasteiger partial charge is 0.364 e. The van der Waals surface area contributed by atoms with Crippen LogP contribution < -0.4 is 10.6 Å². The molecule has 0 fully saturated rings. The number of anilines is 1. The number of halogens is 1. The summed E-state index contributed by atoms with van der Waals surface area (Å²) in [6.45, 7) is 2.69. The molecule has 0 saturated carbocycles. The van der Waals surface area contributed by atoms with Crippen LogP contribution in [0.15, 0.2) is 102 Å². The van der Waals surface area contributed by atoms with Crippen molar-refractivity contribution < 1.29 is 17.6 Å². The molecule has 204 valence electrons. The molecule has 0 unspecified atom stereocenters. The second-order valence-corrected chi connectivity index (χ2v) is 11.3. The lowest BCUT2D eigenvalue weighted by Gasteiger charge is -2.23. The normalized spacial score (nSPS) is 15.2. The average Bonchev–Trinajstić information content (AvgIpc) is 3.47. The highest BCUT2D eigenvalue weighted by atomic mass is 32.2. The molecule has 10 heteroatoms. The van der Waals surface area contributed by atoms with Crippen molar-refractivity contribution in [3.05, 3.63) is 120 Å². The Morgan fingerprint density at radius 2 is 1.80 bits per heavy atom. The molecular weight excluding hydrogens is 529 g/mol. The van der Waals surface area contributed by atoms with Gasteiger partial charge in [-0.15, -0.1) is 0 Å². The molecule has 8 nitrogen and oxygen atoms in total. The Morgan fingerprint density at radius 1 is 1.02 bits per heavy atom. The predicted octanol–water partition coefficient (Wildman–Crippen LogP) is 4.45. The summed E-state index contributed by atoms with van der Waals surface area (Å²) in [6, 6.07) is 21.0. The maximum absolute atomic E-state index is 13.3. The number of nitrogens with zero attached hydrogens (tertiary/aromatic N) is 3. The number of benzene rings is 2. The van der Waals surface area contributed by atoms with E-state index in [0.29, 0.717) is 12.4 Å². The SMILES string of the molecule is Cc1ccc(-c2cc(CNC(=O)[C@@H]3C=CCN3S(=O)(=O)c3ccc(F)cc3)cc(NCc3ccccn3)n2)cc1. The van der Waals surface area contributed by atoms with Crippen molar-refractivity contribution in [3.63, 3.8) is 0 Å². The van der Waals surface area contributed by atoms with Gasteiger partial charge in [-0.1, -0.05) is 48.0 Å². The highest BCUT2D eigenvalue weighted by Gasteiger charge is 2.36. The summed E-state index contributed by atoms with van der Waals surface area (Å²) in [5, 5.41) is 6.17. The number of pyridine rings is 2. The summed E-state index contributed by atoms with van der Waals surface area (Å²) in [6.07, 6.45) is 4.92. The number of aryl methyl sites for hydroxylation is 1. The van der Waals surface area contributed by atoms with Crippen LogP contribution >= 0.6 is 0 Å². The first-order valence-electron chi connectivity index (χ1n) is 12.7. The van der Waals surface area contributed by atoms with Crippen LogP contribution in [0.4, 0.5) is 10.2 Å². The Kier molecular flexibility index (Phi) is 7.99. The van der Waals surface area contributed by atoms with E-state index in [4.69, 9.17) is 4.98 Å². The van der Waals surface area contributed by atoms with E-state index in [1.807, 2.05) is 61.5 Å². The van der Waals surface area contributed by atoms with Gasteiger partial charge in [0.1, 0.15) is 17.7 Å². The van der Waals surface area contributed by atoms with Gasteiger partial charge < -0.3 is 10.6 Å². The van der Waals surface area contributed by atoms with E-state index in [1.54, 1.807) is 18.3 Å². The summed E-state index contributed by atoms with van der Waals surface area (Å²) in [5.41, 5.74) is 4.43. The number of hydrogen-bond donors (Lipinski definition) is 2. The van der Waals surface area contributed by atoms with E-state index in [2.05, 4.69) is 15.6 Å². The molecule has 0 radical (unpaired) electrons. The summed E-state index contributed by atoms with van der Waals surface area (Å²) in [5.74, 6) is -0.380. The summed E-state index contributed by atoms with van der Waals surface area (Å²) >= 11 is 0. The van der Waals surface area contributed by atoms with Gasteiger partial charge in [-0.3, -0.25) is 9.78 Å². The number of sulfonamides is 1. The van der Waals surface area contributed by atoms with Crippen molar-refractivity contribution in [2.45, 2.75) is 31.0 Å². The van der Waals surface area contributed by atoms with E-state index in [0.717, 1.165) is 44.5 Å². The number of rotatable bonds is 9. The Labute approximate surface area is 232 Å². The molecule has 1 atom stereocenters. The molecule has 3 heterocycles. The van der Waals surface area contributed by atoms with Crippen molar-refractivity contribution in [2.75, 3.05) is 11.9 Å². The molecule has 40 heavy (non-hydrogen) atoms. The van der Waals surface area contributed by atoms with Gasteiger partial charge in [-0.05, 0) is 61.0 Å². The molecule has 1 aliphatic rings. The molecule has 2 aromatic carbocycles. The van der Waals surface area contributed by atoms with Crippen molar-refractivity contribution in [3.8, 4) is 11.3 Å². The average molecular weight is 558 g/mol. The van der Waals surface area contributed by atoms with Gasteiger partial charge in [-0.25, -0.2) is 17.8 Å². The topological polar surface area (TPSA) is 104 Å². The highest BCUT2D eigenvalue weighted by molar-refractivity contribution is 7.89. The number of amides is 1. The van der Waals surface area contributed by atoms with Crippen LogP contribution in [0.25, 0.3) is 11.3 Å². The third kappa shape index (κ3) is 6.24. The van der Waals surface area contributed by atoms with Crippen molar-refractivity contribution >= 4 is 21.7 Å². The molecule has 2 N–H and O–H groups in total. The van der Waals surface area contributed by atoms with Crippen LogP contribution in [0.2, 0.25) is 0 Å². The molecule has 5 rings (SSSR count). The van der Waals surface area contributed by atoms with Gasteiger partial charge in [0.2, 0.25) is 15.9 Å². The first-order chi connectivity index (χ1) is 19.3. The monoisotopic (exact) mass is 557 g/mol. The lowest BCUT2D eigenvalue weighted by atomic mass is 10.1. The van der Waals surface area contributed by atoms with Gasteiger partial charge in [0.15, 0.2) is 0 Å². The van der Waals surface area contributed by atoms with Crippen LogP contribution in [0.5, 0.6) is 0 Å². The molecule has 0 aliphatic carbocycles. The smallest absolute Gasteiger partial charge is 0.244 e. The summed E-state index contributed by atoms with van der Waals surface area (Å²) < 4.78 is 40.7. The lowest BCUT2D eigenvalue weighted by Crippen LogP contribution is -2.45. The maximum Gasteiger partial charge on any atom is 0.244 e. The molecule has 2 aromatic heterocycles. The molecule has 0 bridgehead atoms. The fraction of sp³-hybridized carbons (Fsp3) is 0.167. The zero-order valence-corrected chi connectivity index (χ0v) is 22.6. The third-order valence-corrected chi connectivity index (χ3v) is 8.34. The first-order valence-corrected chi connectivity index (χ1v) is 14.2. The van der Waals surface area contributed by atoms with E-state index in [9.17, 15) is 17.6 Å². The predicted molar refractivity (Wildman–Crippen MR) is 151 cm³/mol. The van der Waals surface area contributed by atoms with Gasteiger partial charge >= 0.3 is 0 Å². The minimum absolute atomic E-state index is 0.0478. The first kappa shape index (κ1) is 27.2. The second kappa shape index (κ2) is 11.8. The maximum atomic E-state index is 13.3. The van der Waals surface area contributed by atoms with Crippen LogP contribution in [-0.2, 0) is 27.9 Å². The number of hydrogen-bond acceptors (Lipinski definition) is 6. The summed E-state index contributed by atoms with van der Waals surface area (Å²) in [7, 11) is -4.00. The van der Waals surface area contributed by atoms with E-state index >= 15 is 0 Å². The number of nitrogens with one attached hydrogen (secondary N) is 2. The molecular formula is C30H28FN5O3S. The van der Waals surface area contributed by atoms with E-state index < -0.39 is 27.8 Å². The number of carbonyl (C=O) groups is 1. The van der Waals surface area contributed by atoms with Gasteiger partial charge in [0, 0.05) is 24.8 Å². The second-order valence-electron chi connectivity index (χ2n) is 9.41. The molecule has 0 spiro atoms. The van der Waals surface area contributed by atoms with Gasteiger partial charge in [0.05, 0.1) is 22.8 Å². The quantitative estimate of drug-likeness (QED) is 0.295. The Morgan fingerprint density at radius 3 is 2.52 bits per heavy atom. The van der Waals surface area contributed by atoms with E-state index in [1.165, 1.54) is 12.1 Å². The highest BCUT2D eigenvalue weighted by Crippen LogP contribution is 2.24. The fourth-order valence-electron chi connectivity index (χ4n) is 4.34. The van der Waals surface area contributed by atoms with Crippen molar-refractivity contribution in [2.24, 2.45) is 0 Å².